The van der Waals surface area contributed by atoms with Crippen molar-refractivity contribution in [2.75, 3.05) is 13.2 Å². The molecule has 5 nitrogen and oxygen atoms in total. The minimum atomic E-state index is -4.66. The molecule has 1 fully saturated rings. The Kier molecular flexibility index (Phi) is 7.15. The molecule has 2 atom stereocenters. The largest absolute Gasteiger partial charge is 0.440 e. The summed E-state index contributed by atoms with van der Waals surface area (Å²) in [6, 6.07) is -1.02. The second-order valence-corrected chi connectivity index (χ2v) is 5.47. The monoisotopic (exact) mass is 364 g/mol. The predicted octanol–water partition coefficient (Wildman–Crippen LogP) is 2.90. The number of carbonyl (C=O) groups is 2. The van der Waals surface area contributed by atoms with E-state index in [9.17, 15) is 35.9 Å². The fourth-order valence-corrected chi connectivity index (χ4v) is 2.45. The van der Waals surface area contributed by atoms with E-state index in [0.29, 0.717) is 12.8 Å². The highest BCUT2D eigenvalue weighted by atomic mass is 19.4. The van der Waals surface area contributed by atoms with E-state index in [-0.39, 0.29) is 25.8 Å². The van der Waals surface area contributed by atoms with E-state index in [1.54, 1.807) is 0 Å². The van der Waals surface area contributed by atoms with Gasteiger partial charge < -0.3 is 15.4 Å². The lowest BCUT2D eigenvalue weighted by molar-refractivity contribution is -0.189. The number of ether oxygens (including phenoxy) is 1. The number of alkyl halides is 6. The molecule has 0 spiro atoms. The second-order valence-electron chi connectivity index (χ2n) is 5.47. The first-order chi connectivity index (χ1) is 11.0. The normalized spacial score (nSPS) is 21.9. The zero-order chi connectivity index (χ0) is 18.4. The SMILES string of the molecule is O=C(CCNC(=O)OCC(F)(F)F)N[C@@H]1CCCC[C@@H]1C(F)(F)F. The van der Waals surface area contributed by atoms with Crippen LogP contribution in [-0.2, 0) is 9.53 Å². The van der Waals surface area contributed by atoms with E-state index in [4.69, 9.17) is 0 Å². The van der Waals surface area contributed by atoms with Crippen molar-refractivity contribution in [1.82, 2.24) is 10.6 Å². The molecule has 2 N–H and O–H groups in total. The third kappa shape index (κ3) is 7.73. The van der Waals surface area contributed by atoms with Gasteiger partial charge in [0.2, 0.25) is 5.91 Å². The van der Waals surface area contributed by atoms with Crippen LogP contribution in [0.3, 0.4) is 0 Å². The molecule has 0 heterocycles. The van der Waals surface area contributed by atoms with E-state index >= 15 is 0 Å². The zero-order valence-electron chi connectivity index (χ0n) is 12.6. The maximum atomic E-state index is 12.9. The maximum absolute atomic E-state index is 12.9. The number of carbonyl (C=O) groups excluding carboxylic acids is 2. The molecule has 1 rings (SSSR count). The van der Waals surface area contributed by atoms with Gasteiger partial charge in [0.25, 0.3) is 0 Å². The van der Waals surface area contributed by atoms with Crippen LogP contribution in [0, 0.1) is 5.92 Å². The zero-order valence-corrected chi connectivity index (χ0v) is 12.6. The molecule has 1 aliphatic rings. The van der Waals surface area contributed by atoms with Crippen molar-refractivity contribution in [1.29, 1.82) is 0 Å². The van der Waals surface area contributed by atoms with Crippen LogP contribution < -0.4 is 10.6 Å². The topological polar surface area (TPSA) is 67.4 Å². The Morgan fingerprint density at radius 3 is 2.25 bits per heavy atom. The van der Waals surface area contributed by atoms with Gasteiger partial charge in [-0.25, -0.2) is 4.79 Å². The Bertz CT molecular complexity index is 438. The summed E-state index contributed by atoms with van der Waals surface area (Å²) in [6.45, 7) is -2.10. The molecule has 24 heavy (non-hydrogen) atoms. The van der Waals surface area contributed by atoms with Crippen molar-refractivity contribution in [3.8, 4) is 0 Å². The number of hydrogen-bond acceptors (Lipinski definition) is 3. The Morgan fingerprint density at radius 2 is 1.67 bits per heavy atom. The standard InChI is InChI=1S/C13H18F6N2O3/c14-12(15,16)7-24-11(23)20-6-5-10(22)21-9-4-2-1-3-8(9)13(17,18)19/h8-9H,1-7H2,(H,20,23)(H,21,22)/t8-,9+/m0/s1. The lowest BCUT2D eigenvalue weighted by Crippen LogP contribution is -2.48. The van der Waals surface area contributed by atoms with Crippen molar-refractivity contribution >= 4 is 12.0 Å². The molecule has 0 radical (unpaired) electrons. The van der Waals surface area contributed by atoms with Crippen LogP contribution in [0.1, 0.15) is 32.1 Å². The molecule has 11 heteroatoms. The van der Waals surface area contributed by atoms with Crippen LogP contribution >= 0.6 is 0 Å². The van der Waals surface area contributed by atoms with Gasteiger partial charge in [0.05, 0.1) is 5.92 Å². The van der Waals surface area contributed by atoms with Crippen molar-refractivity contribution < 1.29 is 40.7 Å². The van der Waals surface area contributed by atoms with Gasteiger partial charge in [0, 0.05) is 19.0 Å². The van der Waals surface area contributed by atoms with Crippen LogP contribution in [0.2, 0.25) is 0 Å². The quantitative estimate of drug-likeness (QED) is 0.737. The van der Waals surface area contributed by atoms with Gasteiger partial charge in [-0.05, 0) is 12.8 Å². The molecular weight excluding hydrogens is 346 g/mol. The van der Waals surface area contributed by atoms with Gasteiger partial charge in [-0.15, -0.1) is 0 Å². The molecule has 0 aromatic heterocycles. The van der Waals surface area contributed by atoms with Crippen molar-refractivity contribution in [2.24, 2.45) is 5.92 Å². The molecule has 1 saturated carbocycles. The van der Waals surface area contributed by atoms with Gasteiger partial charge in [-0.2, -0.15) is 26.3 Å². The van der Waals surface area contributed by atoms with Crippen LogP contribution in [-0.4, -0.2) is 43.5 Å². The Labute approximate surface area is 134 Å². The van der Waals surface area contributed by atoms with Gasteiger partial charge >= 0.3 is 18.4 Å². The first-order valence-corrected chi connectivity index (χ1v) is 7.32. The average Bonchev–Trinajstić information content (AvgIpc) is 2.44. The predicted molar refractivity (Wildman–Crippen MR) is 70.0 cm³/mol. The molecule has 0 aromatic rings. The molecule has 0 unspecified atom stereocenters. The molecule has 0 bridgehead atoms. The minimum absolute atomic E-state index is 0.0591. The highest BCUT2D eigenvalue weighted by Gasteiger charge is 2.45. The second kappa shape index (κ2) is 8.43. The van der Waals surface area contributed by atoms with E-state index in [0.717, 1.165) is 0 Å². The average molecular weight is 364 g/mol. The highest BCUT2D eigenvalue weighted by Crippen LogP contribution is 2.37. The Balaban J connectivity index is 2.31. The summed E-state index contributed by atoms with van der Waals surface area (Å²) in [5, 5.41) is 4.20. The number of amides is 2. The van der Waals surface area contributed by atoms with Crippen LogP contribution in [0.4, 0.5) is 31.1 Å². The third-order valence-corrected chi connectivity index (χ3v) is 3.52. The molecule has 0 saturated heterocycles. The Morgan fingerprint density at radius 1 is 1.04 bits per heavy atom. The fraction of sp³-hybridized carbons (Fsp3) is 0.846. The van der Waals surface area contributed by atoms with E-state index in [1.165, 1.54) is 0 Å². The van der Waals surface area contributed by atoms with Gasteiger partial charge in [-0.3, -0.25) is 4.79 Å². The van der Waals surface area contributed by atoms with Crippen LogP contribution in [0.15, 0.2) is 0 Å². The number of nitrogens with one attached hydrogen (secondary N) is 2. The van der Waals surface area contributed by atoms with Crippen molar-refractivity contribution in [3.63, 3.8) is 0 Å². The van der Waals surface area contributed by atoms with Crippen LogP contribution in [0.5, 0.6) is 0 Å². The summed E-state index contributed by atoms with van der Waals surface area (Å²) in [5.74, 6) is -2.33. The summed E-state index contributed by atoms with van der Waals surface area (Å²) in [6.07, 6.45) is -9.63. The number of rotatable bonds is 5. The fourth-order valence-electron chi connectivity index (χ4n) is 2.45. The molecule has 0 aromatic carbocycles. The van der Waals surface area contributed by atoms with Crippen LogP contribution in [0.25, 0.3) is 0 Å². The Hall–Kier alpha value is -1.68. The van der Waals surface area contributed by atoms with E-state index < -0.39 is 42.9 Å². The lowest BCUT2D eigenvalue weighted by Gasteiger charge is -2.33. The first kappa shape index (κ1) is 20.4. The smallest absolute Gasteiger partial charge is 0.422 e. The van der Waals surface area contributed by atoms with Gasteiger partial charge in [0.15, 0.2) is 6.61 Å². The molecule has 2 amide bonds. The van der Waals surface area contributed by atoms with E-state index in [1.807, 2.05) is 5.32 Å². The van der Waals surface area contributed by atoms with Gasteiger partial charge in [0.1, 0.15) is 0 Å². The summed E-state index contributed by atoms with van der Waals surface area (Å²) < 4.78 is 77.8. The highest BCUT2D eigenvalue weighted by molar-refractivity contribution is 5.77. The number of halogens is 6. The summed E-state index contributed by atoms with van der Waals surface area (Å²) >= 11 is 0. The molecular formula is C13H18F6N2O3. The van der Waals surface area contributed by atoms with E-state index in [2.05, 4.69) is 10.1 Å². The lowest BCUT2D eigenvalue weighted by atomic mass is 9.84. The molecule has 140 valence electrons. The number of alkyl carbamates (subject to hydrolysis) is 1. The maximum Gasteiger partial charge on any atom is 0.422 e. The van der Waals surface area contributed by atoms with Gasteiger partial charge in [-0.1, -0.05) is 12.8 Å². The van der Waals surface area contributed by atoms with Crippen molar-refractivity contribution in [3.05, 3.63) is 0 Å². The number of hydrogen-bond donors (Lipinski definition) is 2. The minimum Gasteiger partial charge on any atom is -0.440 e. The summed E-state index contributed by atoms with van der Waals surface area (Å²) in [5.41, 5.74) is 0. The summed E-state index contributed by atoms with van der Waals surface area (Å²) in [7, 11) is 0. The van der Waals surface area contributed by atoms with Crippen molar-refractivity contribution in [2.45, 2.75) is 50.5 Å². The molecule has 1 aliphatic carbocycles. The third-order valence-electron chi connectivity index (χ3n) is 3.52. The first-order valence-electron chi connectivity index (χ1n) is 7.32. The molecule has 0 aliphatic heterocycles. The summed E-state index contributed by atoms with van der Waals surface area (Å²) in [4.78, 5) is 22.6.